The fourth-order valence-corrected chi connectivity index (χ4v) is 6.20. The number of benzene rings is 1. The summed E-state index contributed by atoms with van der Waals surface area (Å²) < 4.78 is 6.47. The first-order valence-corrected chi connectivity index (χ1v) is 11.8. The van der Waals surface area contributed by atoms with Crippen LogP contribution in [0.2, 0.25) is 0 Å². The Balaban J connectivity index is 1.66. The molecule has 1 atom stereocenters. The number of methoxy groups -OCH3 is 1. The number of carbonyl (C=O) groups is 1. The Labute approximate surface area is 183 Å². The van der Waals surface area contributed by atoms with Gasteiger partial charge in [0, 0.05) is 17.2 Å². The first kappa shape index (κ1) is 20.9. The van der Waals surface area contributed by atoms with Gasteiger partial charge in [0.05, 0.1) is 18.1 Å². The number of rotatable bonds is 6. The van der Waals surface area contributed by atoms with Crippen molar-refractivity contribution in [3.8, 4) is 0 Å². The van der Waals surface area contributed by atoms with Crippen LogP contribution >= 0.6 is 23.1 Å². The lowest BCUT2D eigenvalue weighted by Gasteiger charge is -2.17. The number of fused-ring (bicyclic) bond motifs is 3. The summed E-state index contributed by atoms with van der Waals surface area (Å²) in [5.74, 6) is 0.957. The third-order valence-electron chi connectivity index (χ3n) is 5.43. The van der Waals surface area contributed by atoms with Gasteiger partial charge in [-0.05, 0) is 48.4 Å². The minimum absolute atomic E-state index is 0.0375. The summed E-state index contributed by atoms with van der Waals surface area (Å²) in [5.41, 5.74) is 2.81. The topological polar surface area (TPSA) is 61.2 Å². The van der Waals surface area contributed by atoms with Crippen molar-refractivity contribution in [1.29, 1.82) is 0 Å². The third kappa shape index (κ3) is 3.96. The molecule has 0 saturated heterocycles. The van der Waals surface area contributed by atoms with Crippen molar-refractivity contribution in [2.45, 2.75) is 43.6 Å². The Morgan fingerprint density at radius 1 is 1.40 bits per heavy atom. The minimum Gasteiger partial charge on any atom is -0.465 e. The van der Waals surface area contributed by atoms with Crippen molar-refractivity contribution in [3.05, 3.63) is 68.8 Å². The Kier molecular flexibility index (Phi) is 6.11. The molecular formula is C23H24N2O3S2. The van der Waals surface area contributed by atoms with Crippen LogP contribution < -0.4 is 5.56 Å². The number of nitrogens with zero attached hydrogens (tertiary/aromatic N) is 2. The molecule has 0 N–H and O–H groups in total. The number of aryl methyl sites for hydroxylation is 1. The van der Waals surface area contributed by atoms with E-state index in [4.69, 9.17) is 9.72 Å². The van der Waals surface area contributed by atoms with Crippen molar-refractivity contribution in [2.24, 2.45) is 5.92 Å². The second-order valence-electron chi connectivity index (χ2n) is 7.61. The van der Waals surface area contributed by atoms with Gasteiger partial charge in [-0.15, -0.1) is 17.9 Å². The van der Waals surface area contributed by atoms with Crippen molar-refractivity contribution >= 4 is 39.3 Å². The molecule has 1 aromatic carbocycles. The highest BCUT2D eigenvalue weighted by atomic mass is 32.2. The van der Waals surface area contributed by atoms with E-state index < -0.39 is 0 Å². The number of esters is 1. The van der Waals surface area contributed by atoms with Crippen molar-refractivity contribution < 1.29 is 9.53 Å². The van der Waals surface area contributed by atoms with Crippen LogP contribution in [0.4, 0.5) is 0 Å². The lowest BCUT2D eigenvalue weighted by atomic mass is 9.89. The number of carbonyl (C=O) groups excluding carboxylic acids is 1. The molecule has 0 fully saturated rings. The summed E-state index contributed by atoms with van der Waals surface area (Å²) in [4.78, 5) is 32.0. The largest absolute Gasteiger partial charge is 0.465 e. The van der Waals surface area contributed by atoms with Gasteiger partial charge in [-0.25, -0.2) is 9.78 Å². The molecule has 0 saturated carbocycles. The monoisotopic (exact) mass is 440 g/mol. The Bertz CT molecular complexity index is 1160. The van der Waals surface area contributed by atoms with Gasteiger partial charge in [0.1, 0.15) is 4.83 Å². The van der Waals surface area contributed by atoms with E-state index in [1.165, 1.54) is 29.3 Å². The number of hydrogen-bond donors (Lipinski definition) is 0. The quantitative estimate of drug-likeness (QED) is 0.237. The summed E-state index contributed by atoms with van der Waals surface area (Å²) in [7, 11) is 1.37. The molecule has 1 unspecified atom stereocenters. The SMILES string of the molecule is C=CCn1c(SCc2ccc(C(=O)OC)cc2)nc2sc3c(c2c1=O)CCC(C)C3. The lowest BCUT2D eigenvalue weighted by Crippen LogP contribution is -2.23. The third-order valence-corrected chi connectivity index (χ3v) is 7.63. The van der Waals surface area contributed by atoms with Crippen LogP contribution in [-0.2, 0) is 29.9 Å². The van der Waals surface area contributed by atoms with Crippen LogP contribution in [0.25, 0.3) is 10.2 Å². The standard InChI is InChI=1S/C23H24N2O3S2/c1-4-11-25-21(26)19-17-10-5-14(2)12-18(17)30-20(19)24-23(25)29-13-15-6-8-16(9-7-15)22(27)28-3/h4,6-9,14H,1,5,10-13H2,2-3H3. The molecule has 7 heteroatoms. The van der Waals surface area contributed by atoms with Gasteiger partial charge in [-0.3, -0.25) is 9.36 Å². The first-order valence-electron chi connectivity index (χ1n) is 9.97. The highest BCUT2D eigenvalue weighted by molar-refractivity contribution is 7.98. The number of ether oxygens (including phenoxy) is 1. The first-order chi connectivity index (χ1) is 14.5. The molecule has 0 bridgehead atoms. The smallest absolute Gasteiger partial charge is 0.337 e. The van der Waals surface area contributed by atoms with Gasteiger partial charge < -0.3 is 4.74 Å². The fourth-order valence-electron chi connectivity index (χ4n) is 3.81. The van der Waals surface area contributed by atoms with E-state index in [-0.39, 0.29) is 11.5 Å². The molecule has 30 heavy (non-hydrogen) atoms. The van der Waals surface area contributed by atoms with Crippen LogP contribution in [0.1, 0.15) is 39.7 Å². The Morgan fingerprint density at radius 3 is 2.87 bits per heavy atom. The molecule has 5 nitrogen and oxygen atoms in total. The highest BCUT2D eigenvalue weighted by Gasteiger charge is 2.24. The van der Waals surface area contributed by atoms with E-state index in [0.717, 1.165) is 35.0 Å². The summed E-state index contributed by atoms with van der Waals surface area (Å²) in [6.07, 6.45) is 4.86. The van der Waals surface area contributed by atoms with Crippen LogP contribution in [0.15, 0.2) is 46.9 Å². The molecule has 3 aromatic rings. The zero-order valence-corrected chi connectivity index (χ0v) is 18.8. The second kappa shape index (κ2) is 8.78. The van der Waals surface area contributed by atoms with Gasteiger partial charge in [0.25, 0.3) is 5.56 Å². The maximum Gasteiger partial charge on any atom is 0.337 e. The molecule has 0 aliphatic heterocycles. The van der Waals surface area contributed by atoms with Gasteiger partial charge >= 0.3 is 5.97 Å². The summed E-state index contributed by atoms with van der Waals surface area (Å²) in [6.45, 7) is 6.52. The second-order valence-corrected chi connectivity index (χ2v) is 9.63. The van der Waals surface area contributed by atoms with Crippen LogP contribution in [0, 0.1) is 5.92 Å². The van der Waals surface area contributed by atoms with Crippen LogP contribution in [0.5, 0.6) is 0 Å². The van der Waals surface area contributed by atoms with Crippen LogP contribution in [-0.4, -0.2) is 22.6 Å². The average molecular weight is 441 g/mol. The Hall–Kier alpha value is -2.38. The highest BCUT2D eigenvalue weighted by Crippen LogP contribution is 2.36. The van der Waals surface area contributed by atoms with E-state index in [9.17, 15) is 9.59 Å². The zero-order chi connectivity index (χ0) is 21.3. The maximum absolute atomic E-state index is 13.3. The molecular weight excluding hydrogens is 416 g/mol. The summed E-state index contributed by atoms with van der Waals surface area (Å²) >= 11 is 3.20. The molecule has 0 amide bonds. The zero-order valence-electron chi connectivity index (χ0n) is 17.1. The fraction of sp³-hybridized carbons (Fsp3) is 0.348. The van der Waals surface area contributed by atoms with Crippen molar-refractivity contribution in [1.82, 2.24) is 9.55 Å². The van der Waals surface area contributed by atoms with E-state index >= 15 is 0 Å². The van der Waals surface area contributed by atoms with Gasteiger partial charge in [-0.1, -0.05) is 36.9 Å². The number of hydrogen-bond acceptors (Lipinski definition) is 6. The number of thiophene rings is 1. The van der Waals surface area contributed by atoms with E-state index in [0.29, 0.717) is 28.9 Å². The molecule has 4 rings (SSSR count). The van der Waals surface area contributed by atoms with E-state index in [1.807, 2.05) is 12.1 Å². The molecule has 2 heterocycles. The molecule has 0 spiro atoms. The average Bonchev–Trinajstić information content (AvgIpc) is 3.11. The predicted molar refractivity (Wildman–Crippen MR) is 123 cm³/mol. The van der Waals surface area contributed by atoms with Gasteiger partial charge in [-0.2, -0.15) is 0 Å². The van der Waals surface area contributed by atoms with Crippen LogP contribution in [0.3, 0.4) is 0 Å². The normalized spacial score (nSPS) is 15.7. The van der Waals surface area contributed by atoms with Gasteiger partial charge in [0.2, 0.25) is 0 Å². The molecule has 1 aliphatic rings. The van der Waals surface area contributed by atoms with E-state index in [2.05, 4.69) is 13.5 Å². The van der Waals surface area contributed by atoms with E-state index in [1.54, 1.807) is 34.1 Å². The minimum atomic E-state index is -0.350. The number of aromatic nitrogens is 2. The molecule has 156 valence electrons. The van der Waals surface area contributed by atoms with Crippen molar-refractivity contribution in [3.63, 3.8) is 0 Å². The molecule has 1 aliphatic carbocycles. The van der Waals surface area contributed by atoms with Crippen molar-refractivity contribution in [2.75, 3.05) is 7.11 Å². The maximum atomic E-state index is 13.3. The predicted octanol–water partition coefficient (Wildman–Crippen LogP) is 4.85. The summed E-state index contributed by atoms with van der Waals surface area (Å²) in [5, 5.41) is 1.51. The summed E-state index contributed by atoms with van der Waals surface area (Å²) in [6, 6.07) is 7.31. The molecule has 0 radical (unpaired) electrons. The molecule has 2 aromatic heterocycles. The number of thioether (sulfide) groups is 1. The number of allylic oxidation sites excluding steroid dienone is 1. The van der Waals surface area contributed by atoms with Gasteiger partial charge in [0.15, 0.2) is 5.16 Å². The lowest BCUT2D eigenvalue weighted by molar-refractivity contribution is 0.0600. The Morgan fingerprint density at radius 2 is 2.17 bits per heavy atom.